The molecule has 0 radical (unpaired) electrons. The summed E-state index contributed by atoms with van der Waals surface area (Å²) < 4.78 is 21.4. The van der Waals surface area contributed by atoms with E-state index in [0.717, 1.165) is 5.56 Å². The van der Waals surface area contributed by atoms with E-state index in [1.54, 1.807) is 0 Å². The average Bonchev–Trinajstić information content (AvgIpc) is 3.04. The highest BCUT2D eigenvalue weighted by Gasteiger charge is 2.56. The largest absolute Gasteiger partial charge is 0.410 e. The van der Waals surface area contributed by atoms with Gasteiger partial charge in [-0.1, -0.05) is 108 Å². The molecule has 4 rings (SSSR count). The molecular weight excluding hydrogens is 629 g/mol. The molecule has 2 N–H and O–H groups in total. The summed E-state index contributed by atoms with van der Waals surface area (Å²) in [5.74, 6) is 0. The Morgan fingerprint density at radius 3 is 1.74 bits per heavy atom. The molecule has 5 nitrogen and oxygen atoms in total. The Balaban J connectivity index is 1.77. The van der Waals surface area contributed by atoms with E-state index in [4.69, 9.17) is 13.9 Å². The van der Waals surface area contributed by atoms with Gasteiger partial charge in [-0.15, -0.1) is 23.5 Å². The molecule has 1 aliphatic heterocycles. The zero-order chi connectivity index (χ0) is 33.3. The number of aliphatic hydroxyl groups is 2. The minimum atomic E-state index is -2.38. The molecule has 3 aromatic rings. The predicted molar refractivity (Wildman–Crippen MR) is 195 cm³/mol. The third kappa shape index (κ3) is 9.08. The van der Waals surface area contributed by atoms with Gasteiger partial charge in [-0.05, 0) is 59.8 Å². The number of hydrogen-bond donors (Lipinski definition) is 2. The monoisotopic (exact) mass is 682 g/mol. The Morgan fingerprint density at radius 1 is 0.804 bits per heavy atom. The average molecular weight is 683 g/mol. The molecule has 0 unspecified atom stereocenters. The van der Waals surface area contributed by atoms with Crippen LogP contribution in [0.25, 0.3) is 0 Å². The molecule has 0 aromatic heterocycles. The van der Waals surface area contributed by atoms with E-state index in [-0.39, 0.29) is 11.2 Å². The summed E-state index contributed by atoms with van der Waals surface area (Å²) in [4.78, 5) is 2.38. The summed E-state index contributed by atoms with van der Waals surface area (Å²) in [5.41, 5.74) is 1.25. The second kappa shape index (κ2) is 17.2. The van der Waals surface area contributed by atoms with Gasteiger partial charge < -0.3 is 24.1 Å². The van der Waals surface area contributed by atoms with Crippen LogP contribution < -0.4 is 0 Å². The molecule has 5 atom stereocenters. The fourth-order valence-corrected chi connectivity index (χ4v) is 15.5. The topological polar surface area (TPSA) is 68.2 Å². The maximum atomic E-state index is 11.2. The summed E-state index contributed by atoms with van der Waals surface area (Å²) in [6, 6.07) is 31.2. The van der Waals surface area contributed by atoms with E-state index < -0.39 is 38.3 Å². The van der Waals surface area contributed by atoms with Crippen LogP contribution in [0.3, 0.4) is 0 Å². The first-order chi connectivity index (χ1) is 22.0. The van der Waals surface area contributed by atoms with Gasteiger partial charge in [-0.2, -0.15) is 0 Å². The third-order valence-electron chi connectivity index (χ3n) is 9.52. The van der Waals surface area contributed by atoms with Gasteiger partial charge in [-0.25, -0.2) is 0 Å². The maximum absolute atomic E-state index is 11.2. The van der Waals surface area contributed by atoms with Gasteiger partial charge in [0, 0.05) is 16.2 Å². The Kier molecular flexibility index (Phi) is 13.9. The van der Waals surface area contributed by atoms with Crippen molar-refractivity contribution in [2.24, 2.45) is 0 Å². The Labute approximate surface area is 287 Å². The molecule has 3 aromatic carbocycles. The van der Waals surface area contributed by atoms with Crippen molar-refractivity contribution in [3.05, 3.63) is 96.6 Å². The standard InChI is InChI=1S/C38H54O5S2Si/c1-27(2)46(28(3)4,29(5)6)43-36-23-33(40)34(25-39)42-38(36,7)35(41-26-30-17-11-8-12-18-30)24-37(44-31-19-13-9-14-20-31)45-32-21-15-10-16-22-32/h8-22,27-29,33-37,39-40H,23-26H2,1-7H3/t33-,34+,35+,36+,38-/m0/s1. The highest BCUT2D eigenvalue weighted by Crippen LogP contribution is 2.49. The number of rotatable bonds is 16. The maximum Gasteiger partial charge on any atom is 0.200 e. The van der Waals surface area contributed by atoms with Crippen molar-refractivity contribution in [3.63, 3.8) is 0 Å². The first kappa shape index (κ1) is 37.2. The van der Waals surface area contributed by atoms with Gasteiger partial charge in [0.2, 0.25) is 8.32 Å². The molecule has 1 aliphatic rings. The second-order valence-corrected chi connectivity index (χ2v) is 21.8. The van der Waals surface area contributed by atoms with Gasteiger partial charge in [0.15, 0.2) is 0 Å². The van der Waals surface area contributed by atoms with E-state index in [1.807, 2.05) is 53.9 Å². The molecule has 0 saturated carbocycles. The van der Waals surface area contributed by atoms with Crippen LogP contribution in [-0.2, 0) is 20.5 Å². The van der Waals surface area contributed by atoms with Crippen molar-refractivity contribution in [2.75, 3.05) is 6.61 Å². The van der Waals surface area contributed by atoms with Crippen molar-refractivity contribution in [2.45, 2.75) is 129 Å². The molecular formula is C38H54O5S2Si. The Hall–Kier alpha value is -1.62. The van der Waals surface area contributed by atoms with Gasteiger partial charge in [0.1, 0.15) is 11.7 Å². The molecule has 0 amide bonds. The molecule has 1 fully saturated rings. The van der Waals surface area contributed by atoms with E-state index in [0.29, 0.717) is 36.1 Å². The fraction of sp³-hybridized carbons (Fsp3) is 0.526. The SMILES string of the molecule is CC(C)[Si](O[C@@H]1C[C@H](O)[C@@H](CO)O[C@@]1(C)[C@@H](CC(Sc1ccccc1)Sc1ccccc1)OCc1ccccc1)(C(C)C)C(C)C. The van der Waals surface area contributed by atoms with E-state index in [2.05, 4.69) is 109 Å². The molecule has 0 bridgehead atoms. The minimum absolute atomic E-state index is 0.0911. The van der Waals surface area contributed by atoms with Gasteiger partial charge >= 0.3 is 0 Å². The highest BCUT2D eigenvalue weighted by molar-refractivity contribution is 8.17. The van der Waals surface area contributed by atoms with Crippen molar-refractivity contribution in [3.8, 4) is 0 Å². The van der Waals surface area contributed by atoms with E-state index in [9.17, 15) is 10.2 Å². The normalized spacial score (nSPS) is 23.0. The lowest BCUT2D eigenvalue weighted by atomic mass is 9.83. The van der Waals surface area contributed by atoms with Crippen LogP contribution in [0, 0.1) is 0 Å². The summed E-state index contributed by atoms with van der Waals surface area (Å²) in [5, 5.41) is 21.6. The second-order valence-electron chi connectivity index (χ2n) is 13.6. The predicted octanol–water partition coefficient (Wildman–Crippen LogP) is 9.33. The third-order valence-corrected chi connectivity index (χ3v) is 18.2. The van der Waals surface area contributed by atoms with E-state index in [1.165, 1.54) is 9.79 Å². The molecule has 1 saturated heterocycles. The zero-order valence-corrected chi connectivity index (χ0v) is 31.2. The van der Waals surface area contributed by atoms with Gasteiger partial charge in [-0.3, -0.25) is 0 Å². The molecule has 1 heterocycles. The Bertz CT molecular complexity index is 1230. The smallest absolute Gasteiger partial charge is 0.200 e. The number of thioether (sulfide) groups is 2. The molecule has 252 valence electrons. The molecule has 8 heteroatoms. The number of benzene rings is 3. The van der Waals surface area contributed by atoms with Crippen LogP contribution in [-0.4, -0.2) is 59.7 Å². The zero-order valence-electron chi connectivity index (χ0n) is 28.5. The summed E-state index contributed by atoms with van der Waals surface area (Å²) >= 11 is 3.66. The van der Waals surface area contributed by atoms with Crippen molar-refractivity contribution < 1.29 is 24.1 Å². The van der Waals surface area contributed by atoms with Crippen molar-refractivity contribution >= 4 is 31.8 Å². The van der Waals surface area contributed by atoms with Gasteiger partial charge in [0.25, 0.3) is 0 Å². The lowest BCUT2D eigenvalue weighted by Crippen LogP contribution is -2.66. The summed E-state index contributed by atoms with van der Waals surface area (Å²) in [6.07, 6.45) is -1.30. The summed E-state index contributed by atoms with van der Waals surface area (Å²) in [6.45, 7) is 16.0. The van der Waals surface area contributed by atoms with Crippen LogP contribution in [0.5, 0.6) is 0 Å². The van der Waals surface area contributed by atoms with Crippen LogP contribution in [0.1, 0.15) is 66.9 Å². The number of hydrogen-bond acceptors (Lipinski definition) is 7. The summed E-state index contributed by atoms with van der Waals surface area (Å²) in [7, 11) is -2.38. The highest BCUT2D eigenvalue weighted by atomic mass is 32.2. The Morgan fingerprint density at radius 2 is 1.28 bits per heavy atom. The van der Waals surface area contributed by atoms with Crippen LogP contribution in [0.15, 0.2) is 101 Å². The fourth-order valence-electron chi connectivity index (χ4n) is 7.18. The lowest BCUT2D eigenvalue weighted by Gasteiger charge is -2.54. The molecule has 0 spiro atoms. The first-order valence-electron chi connectivity index (χ1n) is 16.7. The first-order valence-corrected chi connectivity index (χ1v) is 20.6. The number of aliphatic hydroxyl groups excluding tert-OH is 2. The van der Waals surface area contributed by atoms with Crippen molar-refractivity contribution in [1.82, 2.24) is 0 Å². The van der Waals surface area contributed by atoms with Crippen LogP contribution >= 0.6 is 23.5 Å². The van der Waals surface area contributed by atoms with E-state index >= 15 is 0 Å². The number of ether oxygens (including phenoxy) is 2. The lowest BCUT2D eigenvalue weighted by molar-refractivity contribution is -0.264. The van der Waals surface area contributed by atoms with Crippen molar-refractivity contribution in [1.29, 1.82) is 0 Å². The molecule has 46 heavy (non-hydrogen) atoms. The van der Waals surface area contributed by atoms with Crippen LogP contribution in [0.2, 0.25) is 16.6 Å². The molecule has 0 aliphatic carbocycles. The van der Waals surface area contributed by atoms with Gasteiger partial charge in [0.05, 0.1) is 36.1 Å². The van der Waals surface area contributed by atoms with Crippen LogP contribution in [0.4, 0.5) is 0 Å². The minimum Gasteiger partial charge on any atom is -0.410 e. The quantitative estimate of drug-likeness (QED) is 0.0887.